The Morgan fingerprint density at radius 3 is 2.88 bits per heavy atom. The third-order valence-corrected chi connectivity index (χ3v) is 4.12. The number of rotatable bonds is 1. The highest BCUT2D eigenvalue weighted by Gasteiger charge is 2.37. The first-order valence-electron chi connectivity index (χ1n) is 6.34. The van der Waals surface area contributed by atoms with Crippen LogP contribution in [-0.4, -0.2) is 6.04 Å². The Balaban J connectivity index is 2.10. The minimum atomic E-state index is 0.130. The van der Waals surface area contributed by atoms with Crippen molar-refractivity contribution in [1.82, 2.24) is 0 Å². The van der Waals surface area contributed by atoms with Crippen LogP contribution in [0.5, 0.6) is 0 Å². The molecule has 0 amide bonds. The Hall–Kier alpha value is -1.28. The Kier molecular flexibility index (Phi) is 2.30. The van der Waals surface area contributed by atoms with Crippen molar-refractivity contribution in [2.45, 2.75) is 44.6 Å². The summed E-state index contributed by atoms with van der Waals surface area (Å²) in [6.07, 6.45) is 3.27. The Morgan fingerprint density at radius 2 is 2.24 bits per heavy atom. The van der Waals surface area contributed by atoms with Gasteiger partial charge in [0.25, 0.3) is 0 Å². The molecule has 1 aliphatic rings. The second-order valence-corrected chi connectivity index (χ2v) is 5.67. The van der Waals surface area contributed by atoms with E-state index in [1.54, 1.807) is 0 Å². The summed E-state index contributed by atoms with van der Waals surface area (Å²) < 4.78 is 6.08. The van der Waals surface area contributed by atoms with Gasteiger partial charge in [0.1, 0.15) is 11.3 Å². The Bertz CT molecular complexity index is 557. The summed E-state index contributed by atoms with van der Waals surface area (Å²) >= 11 is 0. The molecule has 1 aromatic carbocycles. The summed E-state index contributed by atoms with van der Waals surface area (Å²) in [5, 5.41) is 1.21. The average molecular weight is 229 g/mol. The molecular formula is C15H19NO. The SMILES string of the molecule is Cc1cccc2cc(C3(C)CCC(N)C3)oc12. The van der Waals surface area contributed by atoms with Crippen LogP contribution >= 0.6 is 0 Å². The van der Waals surface area contributed by atoms with E-state index in [1.807, 2.05) is 0 Å². The predicted molar refractivity (Wildman–Crippen MR) is 70.1 cm³/mol. The molecule has 0 spiro atoms. The maximum atomic E-state index is 6.08. The zero-order valence-electron chi connectivity index (χ0n) is 10.5. The topological polar surface area (TPSA) is 39.2 Å². The highest BCUT2D eigenvalue weighted by Crippen LogP contribution is 2.42. The number of nitrogens with two attached hydrogens (primary N) is 1. The van der Waals surface area contributed by atoms with E-state index in [1.165, 1.54) is 10.9 Å². The number of para-hydroxylation sites is 1. The number of hydrogen-bond acceptors (Lipinski definition) is 2. The number of fused-ring (bicyclic) bond motifs is 1. The van der Waals surface area contributed by atoms with E-state index >= 15 is 0 Å². The van der Waals surface area contributed by atoms with Crippen LogP contribution in [0.15, 0.2) is 28.7 Å². The third-order valence-electron chi connectivity index (χ3n) is 4.12. The van der Waals surface area contributed by atoms with Gasteiger partial charge in [0, 0.05) is 16.8 Å². The van der Waals surface area contributed by atoms with Crippen molar-refractivity contribution in [3.8, 4) is 0 Å². The molecule has 1 aromatic heterocycles. The number of hydrogen-bond donors (Lipinski definition) is 1. The van der Waals surface area contributed by atoms with Crippen LogP contribution in [-0.2, 0) is 5.41 Å². The summed E-state index contributed by atoms with van der Waals surface area (Å²) in [7, 11) is 0. The largest absolute Gasteiger partial charge is 0.460 e. The van der Waals surface area contributed by atoms with Gasteiger partial charge in [0.2, 0.25) is 0 Å². The molecule has 2 atom stereocenters. The first-order valence-corrected chi connectivity index (χ1v) is 6.34. The van der Waals surface area contributed by atoms with Gasteiger partial charge < -0.3 is 10.2 Å². The number of benzene rings is 1. The fraction of sp³-hybridized carbons (Fsp3) is 0.467. The lowest BCUT2D eigenvalue weighted by Gasteiger charge is -2.20. The van der Waals surface area contributed by atoms with E-state index < -0.39 is 0 Å². The summed E-state index contributed by atoms with van der Waals surface area (Å²) in [6, 6.07) is 8.82. The van der Waals surface area contributed by atoms with Crippen molar-refractivity contribution >= 4 is 11.0 Å². The van der Waals surface area contributed by atoms with Crippen molar-refractivity contribution in [2.75, 3.05) is 0 Å². The molecule has 3 rings (SSSR count). The molecule has 1 heterocycles. The second-order valence-electron chi connectivity index (χ2n) is 5.67. The Labute approximate surface area is 102 Å². The molecule has 2 N–H and O–H groups in total. The summed E-state index contributed by atoms with van der Waals surface area (Å²) in [5.74, 6) is 1.11. The van der Waals surface area contributed by atoms with Crippen LogP contribution in [0.25, 0.3) is 11.0 Å². The van der Waals surface area contributed by atoms with Gasteiger partial charge in [0.05, 0.1) is 0 Å². The van der Waals surface area contributed by atoms with Crippen molar-refractivity contribution < 1.29 is 4.42 Å². The standard InChI is InChI=1S/C15H19NO/c1-10-4-3-5-11-8-13(17-14(10)11)15(2)7-6-12(16)9-15/h3-5,8,12H,6-7,9,16H2,1-2H3. The van der Waals surface area contributed by atoms with Crippen LogP contribution in [0.4, 0.5) is 0 Å². The molecule has 90 valence electrons. The van der Waals surface area contributed by atoms with Gasteiger partial charge in [-0.25, -0.2) is 0 Å². The molecule has 2 aromatic rings. The van der Waals surface area contributed by atoms with Gasteiger partial charge in [-0.2, -0.15) is 0 Å². The van der Waals surface area contributed by atoms with E-state index in [0.29, 0.717) is 6.04 Å². The highest BCUT2D eigenvalue weighted by molar-refractivity contribution is 5.81. The first-order chi connectivity index (χ1) is 8.08. The smallest absolute Gasteiger partial charge is 0.137 e. The molecule has 1 fully saturated rings. The lowest BCUT2D eigenvalue weighted by Crippen LogP contribution is -2.21. The lowest BCUT2D eigenvalue weighted by atomic mass is 9.85. The molecule has 0 bridgehead atoms. The lowest BCUT2D eigenvalue weighted by molar-refractivity contribution is 0.376. The van der Waals surface area contributed by atoms with Gasteiger partial charge >= 0.3 is 0 Å². The zero-order chi connectivity index (χ0) is 12.0. The van der Waals surface area contributed by atoms with Gasteiger partial charge in [-0.1, -0.05) is 25.1 Å². The van der Waals surface area contributed by atoms with Crippen molar-refractivity contribution in [3.05, 3.63) is 35.6 Å². The van der Waals surface area contributed by atoms with Crippen LogP contribution < -0.4 is 5.73 Å². The second kappa shape index (κ2) is 3.61. The van der Waals surface area contributed by atoms with Gasteiger partial charge in [-0.3, -0.25) is 0 Å². The maximum absolute atomic E-state index is 6.08. The van der Waals surface area contributed by atoms with Crippen LogP contribution in [0.3, 0.4) is 0 Å². The fourth-order valence-electron chi connectivity index (χ4n) is 3.02. The maximum Gasteiger partial charge on any atom is 0.137 e. The first kappa shape index (κ1) is 10.8. The highest BCUT2D eigenvalue weighted by atomic mass is 16.3. The molecule has 2 nitrogen and oxygen atoms in total. The van der Waals surface area contributed by atoms with Crippen LogP contribution in [0, 0.1) is 6.92 Å². The number of aryl methyl sites for hydroxylation is 1. The molecular weight excluding hydrogens is 210 g/mol. The third kappa shape index (κ3) is 1.67. The summed E-state index contributed by atoms with van der Waals surface area (Å²) in [6.45, 7) is 4.37. The van der Waals surface area contributed by atoms with Crippen molar-refractivity contribution in [3.63, 3.8) is 0 Å². The molecule has 2 heteroatoms. The molecule has 17 heavy (non-hydrogen) atoms. The van der Waals surface area contributed by atoms with Crippen molar-refractivity contribution in [2.24, 2.45) is 5.73 Å². The molecule has 0 saturated heterocycles. The Morgan fingerprint density at radius 1 is 1.41 bits per heavy atom. The van der Waals surface area contributed by atoms with Gasteiger partial charge in [0.15, 0.2) is 0 Å². The summed E-state index contributed by atoms with van der Waals surface area (Å²) in [4.78, 5) is 0. The van der Waals surface area contributed by atoms with Crippen molar-refractivity contribution in [1.29, 1.82) is 0 Å². The van der Waals surface area contributed by atoms with Crippen LogP contribution in [0.1, 0.15) is 37.5 Å². The normalized spacial score (nSPS) is 29.0. The van der Waals surface area contributed by atoms with E-state index in [0.717, 1.165) is 30.6 Å². The monoisotopic (exact) mass is 229 g/mol. The molecule has 0 radical (unpaired) electrons. The fourth-order valence-corrected chi connectivity index (χ4v) is 3.02. The molecule has 1 saturated carbocycles. The number of furan rings is 1. The summed E-state index contributed by atoms with van der Waals surface area (Å²) in [5.41, 5.74) is 8.40. The minimum absolute atomic E-state index is 0.130. The van der Waals surface area contributed by atoms with Crippen LogP contribution in [0.2, 0.25) is 0 Å². The van der Waals surface area contributed by atoms with Gasteiger partial charge in [-0.05, 0) is 37.8 Å². The molecule has 1 aliphatic carbocycles. The predicted octanol–water partition coefficient (Wildman–Crippen LogP) is 3.51. The minimum Gasteiger partial charge on any atom is -0.460 e. The van der Waals surface area contributed by atoms with E-state index in [-0.39, 0.29) is 5.41 Å². The average Bonchev–Trinajstić information content (AvgIpc) is 2.85. The molecule has 0 aliphatic heterocycles. The zero-order valence-corrected chi connectivity index (χ0v) is 10.5. The van der Waals surface area contributed by atoms with E-state index in [4.69, 9.17) is 10.2 Å². The molecule has 2 unspecified atom stereocenters. The quantitative estimate of drug-likeness (QED) is 0.812. The van der Waals surface area contributed by atoms with E-state index in [9.17, 15) is 0 Å². The van der Waals surface area contributed by atoms with Gasteiger partial charge in [-0.15, -0.1) is 0 Å². The van der Waals surface area contributed by atoms with E-state index in [2.05, 4.69) is 38.1 Å².